The Balaban J connectivity index is 1.32. The third-order valence-electron chi connectivity index (χ3n) is 5.95. The second-order valence-electron chi connectivity index (χ2n) is 8.49. The number of benzene rings is 2. The fourth-order valence-electron chi connectivity index (χ4n) is 3.94. The van der Waals surface area contributed by atoms with Crippen LogP contribution in [0.3, 0.4) is 0 Å². The van der Waals surface area contributed by atoms with Crippen LogP contribution in [0.5, 0.6) is 0 Å². The van der Waals surface area contributed by atoms with Gasteiger partial charge in [-0.2, -0.15) is 0 Å². The second kappa shape index (κ2) is 11.1. The van der Waals surface area contributed by atoms with Crippen LogP contribution in [-0.4, -0.2) is 45.1 Å². The van der Waals surface area contributed by atoms with Gasteiger partial charge in [0.2, 0.25) is 15.9 Å². The highest BCUT2D eigenvalue weighted by Gasteiger charge is 2.32. The molecule has 0 atom stereocenters. The molecule has 9 nitrogen and oxygen atoms in total. The highest BCUT2D eigenvalue weighted by atomic mass is 35.5. The molecule has 196 valence electrons. The van der Waals surface area contributed by atoms with Gasteiger partial charge in [0.05, 0.1) is 22.5 Å². The first kappa shape index (κ1) is 27.0. The molecule has 0 saturated carbocycles. The molecule has 0 bridgehead atoms. The smallest absolute Gasteiger partial charge is 0.261 e. The number of aromatic nitrogens is 1. The van der Waals surface area contributed by atoms with Gasteiger partial charge in [0, 0.05) is 41.5 Å². The third-order valence-corrected chi connectivity index (χ3v) is 9.51. The Bertz CT molecular complexity index is 1460. The number of rotatable bonds is 8. The summed E-state index contributed by atoms with van der Waals surface area (Å²) in [5.74, 6) is -1.96. The summed E-state index contributed by atoms with van der Waals surface area (Å²) in [4.78, 5) is 16.6. The van der Waals surface area contributed by atoms with Crippen LogP contribution in [0.4, 0.5) is 15.8 Å². The third kappa shape index (κ3) is 6.63. The van der Waals surface area contributed by atoms with E-state index in [2.05, 4.69) is 15.0 Å². The number of halogens is 2. The van der Waals surface area contributed by atoms with Crippen molar-refractivity contribution in [3.05, 3.63) is 83.4 Å². The number of amides is 1. The Labute approximate surface area is 219 Å². The number of nitrogens with one attached hydrogen (secondary N) is 2. The average Bonchev–Trinajstić information content (AvgIpc) is 2.87. The number of hydrogen-bond acceptors (Lipinski definition) is 6. The van der Waals surface area contributed by atoms with E-state index < -0.39 is 37.5 Å². The van der Waals surface area contributed by atoms with E-state index in [0.29, 0.717) is 11.4 Å². The first-order valence-corrected chi connectivity index (χ1v) is 14.8. The fraction of sp³-hybridized carbons (Fsp3) is 0.250. The molecule has 1 amide bonds. The predicted octanol–water partition coefficient (Wildman–Crippen LogP) is 3.86. The first-order valence-electron chi connectivity index (χ1n) is 11.3. The van der Waals surface area contributed by atoms with E-state index in [1.54, 1.807) is 12.1 Å². The van der Waals surface area contributed by atoms with E-state index in [1.807, 2.05) is 0 Å². The maximum atomic E-state index is 14.1. The molecule has 1 saturated heterocycles. The van der Waals surface area contributed by atoms with Gasteiger partial charge in [-0.1, -0.05) is 17.7 Å². The minimum absolute atomic E-state index is 0.0165. The van der Waals surface area contributed by atoms with Crippen molar-refractivity contribution in [1.82, 2.24) is 9.29 Å². The summed E-state index contributed by atoms with van der Waals surface area (Å²) in [6, 6.07) is 12.9. The van der Waals surface area contributed by atoms with Crippen molar-refractivity contribution in [2.75, 3.05) is 23.1 Å². The number of pyridine rings is 1. The molecular formula is C24H24ClFN4O5S2. The molecule has 0 unspecified atom stereocenters. The quantitative estimate of drug-likeness (QED) is 0.426. The minimum Gasteiger partial charge on any atom is -0.326 e. The summed E-state index contributed by atoms with van der Waals surface area (Å²) >= 11 is 5.97. The lowest BCUT2D eigenvalue weighted by Gasteiger charge is -2.30. The minimum atomic E-state index is -3.82. The molecule has 13 heteroatoms. The molecule has 37 heavy (non-hydrogen) atoms. The summed E-state index contributed by atoms with van der Waals surface area (Å²) < 4.78 is 68.4. The van der Waals surface area contributed by atoms with Crippen molar-refractivity contribution >= 4 is 48.9 Å². The molecule has 2 N–H and O–H groups in total. The van der Waals surface area contributed by atoms with E-state index in [0.717, 1.165) is 6.07 Å². The van der Waals surface area contributed by atoms with Crippen LogP contribution >= 0.6 is 11.6 Å². The van der Waals surface area contributed by atoms with Crippen LogP contribution in [0.2, 0.25) is 5.02 Å². The van der Waals surface area contributed by atoms with Crippen molar-refractivity contribution < 1.29 is 26.0 Å². The van der Waals surface area contributed by atoms with Crippen molar-refractivity contribution in [2.45, 2.75) is 23.5 Å². The molecule has 0 spiro atoms. The predicted molar refractivity (Wildman–Crippen MR) is 138 cm³/mol. The zero-order valence-electron chi connectivity index (χ0n) is 19.5. The molecule has 1 aromatic heterocycles. The Morgan fingerprint density at radius 1 is 1.00 bits per heavy atom. The van der Waals surface area contributed by atoms with Gasteiger partial charge < -0.3 is 5.32 Å². The summed E-state index contributed by atoms with van der Waals surface area (Å²) in [5.41, 5.74) is 0.657. The summed E-state index contributed by atoms with van der Waals surface area (Å²) in [6.45, 7) is 0.230. The summed E-state index contributed by atoms with van der Waals surface area (Å²) in [5, 5.41) is 2.80. The van der Waals surface area contributed by atoms with Gasteiger partial charge in [-0.3, -0.25) is 14.5 Å². The average molecular weight is 567 g/mol. The molecule has 0 aliphatic carbocycles. The van der Waals surface area contributed by atoms with Crippen molar-refractivity contribution in [3.8, 4) is 0 Å². The van der Waals surface area contributed by atoms with E-state index in [1.165, 1.54) is 53.1 Å². The maximum Gasteiger partial charge on any atom is 0.261 e. The van der Waals surface area contributed by atoms with E-state index in [4.69, 9.17) is 11.6 Å². The zero-order chi connectivity index (χ0) is 26.6. The van der Waals surface area contributed by atoms with Gasteiger partial charge >= 0.3 is 0 Å². The number of sulfonamides is 2. The van der Waals surface area contributed by atoms with E-state index in [9.17, 15) is 26.0 Å². The van der Waals surface area contributed by atoms with Gasteiger partial charge in [0.15, 0.2) is 0 Å². The van der Waals surface area contributed by atoms with Crippen molar-refractivity contribution in [2.24, 2.45) is 5.92 Å². The van der Waals surface area contributed by atoms with E-state index >= 15 is 0 Å². The van der Waals surface area contributed by atoms with Gasteiger partial charge in [0.25, 0.3) is 10.0 Å². The Kier molecular flexibility index (Phi) is 8.12. The Morgan fingerprint density at radius 2 is 1.70 bits per heavy atom. The molecule has 1 fully saturated rings. The molecule has 3 aromatic rings. The largest absolute Gasteiger partial charge is 0.326 e. The van der Waals surface area contributed by atoms with Gasteiger partial charge in [-0.15, -0.1) is 0 Å². The van der Waals surface area contributed by atoms with Crippen LogP contribution in [0.15, 0.2) is 71.9 Å². The van der Waals surface area contributed by atoms with Crippen LogP contribution in [0.25, 0.3) is 0 Å². The number of hydrogen-bond donors (Lipinski definition) is 2. The highest BCUT2D eigenvalue weighted by Crippen LogP contribution is 2.27. The van der Waals surface area contributed by atoms with Gasteiger partial charge in [0.1, 0.15) is 5.82 Å². The molecule has 4 rings (SSSR count). The van der Waals surface area contributed by atoms with Crippen molar-refractivity contribution in [3.63, 3.8) is 0 Å². The van der Waals surface area contributed by atoms with E-state index in [-0.39, 0.29) is 47.3 Å². The zero-order valence-corrected chi connectivity index (χ0v) is 21.9. The van der Waals surface area contributed by atoms with Crippen LogP contribution in [0.1, 0.15) is 18.4 Å². The topological polar surface area (TPSA) is 126 Å². The standard InChI is InChI=1S/C24H24ClFN4O5S2/c25-22-4-1-5-23(26)21(22)16-36(32,33)30-13-10-17(11-14-30)24(31)28-18-6-8-20(9-7-18)37(34,35)29-19-3-2-12-27-15-19/h1-9,12,15,17,29H,10-11,13-14,16H2,(H,28,31). The molecule has 2 aromatic carbocycles. The number of carbonyl (C=O) groups excluding carboxylic acids is 1. The number of piperidine rings is 1. The monoisotopic (exact) mass is 566 g/mol. The molecule has 2 heterocycles. The lowest BCUT2D eigenvalue weighted by atomic mass is 9.97. The molecule has 1 aliphatic rings. The van der Waals surface area contributed by atoms with Gasteiger partial charge in [-0.25, -0.2) is 25.5 Å². The summed E-state index contributed by atoms with van der Waals surface area (Å²) in [7, 11) is -7.64. The van der Waals surface area contributed by atoms with Crippen LogP contribution in [-0.2, 0) is 30.6 Å². The van der Waals surface area contributed by atoms with Crippen LogP contribution < -0.4 is 10.0 Å². The first-order chi connectivity index (χ1) is 17.5. The van der Waals surface area contributed by atoms with Gasteiger partial charge in [-0.05, 0) is 61.4 Å². The van der Waals surface area contributed by atoms with Crippen LogP contribution in [0, 0.1) is 11.7 Å². The maximum absolute atomic E-state index is 14.1. The SMILES string of the molecule is O=C(Nc1ccc(S(=O)(=O)Nc2cccnc2)cc1)C1CCN(S(=O)(=O)Cc2c(F)cccc2Cl)CC1. The number of carbonyl (C=O) groups is 1. The fourth-order valence-corrected chi connectivity index (χ4v) is 6.90. The lowest BCUT2D eigenvalue weighted by molar-refractivity contribution is -0.120. The second-order valence-corrected chi connectivity index (χ2v) is 12.5. The normalized spacial score (nSPS) is 15.3. The number of anilines is 2. The highest BCUT2D eigenvalue weighted by molar-refractivity contribution is 7.92. The summed E-state index contributed by atoms with van der Waals surface area (Å²) in [6.07, 6.45) is 3.49. The Hall–Kier alpha value is -3.06. The Morgan fingerprint density at radius 3 is 2.32 bits per heavy atom. The molecule has 1 aliphatic heterocycles. The van der Waals surface area contributed by atoms with Crippen molar-refractivity contribution in [1.29, 1.82) is 0 Å². The lowest BCUT2D eigenvalue weighted by Crippen LogP contribution is -2.42. The number of nitrogens with zero attached hydrogens (tertiary/aromatic N) is 2. The molecule has 0 radical (unpaired) electrons. The molecular weight excluding hydrogens is 543 g/mol.